The second-order valence-corrected chi connectivity index (χ2v) is 10.4. The SMILES string of the molecule is Cc1cc(C2=C(CCCO)CCC=C2)ccc1[C@H]1CNCC[C@@H]1Cc1cc(F)cc(I)c1. The van der Waals surface area contributed by atoms with Gasteiger partial charge in [0.15, 0.2) is 0 Å². The Hall–Kier alpha value is -1.50. The summed E-state index contributed by atoms with van der Waals surface area (Å²) in [5.41, 5.74) is 7.94. The lowest BCUT2D eigenvalue weighted by molar-refractivity contribution is 0.288. The van der Waals surface area contributed by atoms with Gasteiger partial charge in [-0.2, -0.15) is 0 Å². The number of allylic oxidation sites excluding steroid dienone is 4. The van der Waals surface area contributed by atoms with Crippen molar-refractivity contribution in [2.75, 3.05) is 19.7 Å². The van der Waals surface area contributed by atoms with Crippen molar-refractivity contribution in [1.82, 2.24) is 5.32 Å². The average molecular weight is 545 g/mol. The monoisotopic (exact) mass is 545 g/mol. The Balaban J connectivity index is 1.59. The normalized spacial score (nSPS) is 21.2. The van der Waals surface area contributed by atoms with Crippen molar-refractivity contribution in [3.63, 3.8) is 0 Å². The van der Waals surface area contributed by atoms with Gasteiger partial charge in [-0.15, -0.1) is 0 Å². The fourth-order valence-electron chi connectivity index (χ4n) is 5.38. The smallest absolute Gasteiger partial charge is 0.124 e. The topological polar surface area (TPSA) is 32.3 Å². The molecule has 2 N–H and O–H groups in total. The molecule has 1 aliphatic heterocycles. The maximum Gasteiger partial charge on any atom is 0.124 e. The van der Waals surface area contributed by atoms with Crippen molar-refractivity contribution >= 4 is 28.2 Å². The van der Waals surface area contributed by atoms with Crippen LogP contribution in [0.15, 0.2) is 54.1 Å². The van der Waals surface area contributed by atoms with Gasteiger partial charge in [-0.1, -0.05) is 35.9 Å². The first-order valence-corrected chi connectivity index (χ1v) is 12.9. The molecule has 2 aliphatic rings. The first-order chi connectivity index (χ1) is 15.5. The lowest BCUT2D eigenvalue weighted by Crippen LogP contribution is -2.36. The van der Waals surface area contributed by atoms with Gasteiger partial charge in [-0.3, -0.25) is 0 Å². The summed E-state index contributed by atoms with van der Waals surface area (Å²) >= 11 is 2.21. The van der Waals surface area contributed by atoms with Crippen molar-refractivity contribution in [3.8, 4) is 0 Å². The predicted octanol–water partition coefficient (Wildman–Crippen LogP) is 6.55. The molecule has 0 radical (unpaired) electrons. The zero-order valence-corrected chi connectivity index (χ0v) is 21.0. The second kappa shape index (κ2) is 11.1. The summed E-state index contributed by atoms with van der Waals surface area (Å²) in [6, 6.07) is 12.4. The Morgan fingerprint density at radius 3 is 2.84 bits per heavy atom. The molecule has 0 unspecified atom stereocenters. The molecule has 0 bridgehead atoms. The molecular weight excluding hydrogens is 512 g/mol. The molecule has 1 heterocycles. The van der Waals surface area contributed by atoms with Crippen LogP contribution in [0.1, 0.15) is 60.3 Å². The molecule has 2 aromatic carbocycles. The summed E-state index contributed by atoms with van der Waals surface area (Å²) in [7, 11) is 0. The van der Waals surface area contributed by atoms with E-state index in [1.165, 1.54) is 27.8 Å². The number of hydrogen-bond donors (Lipinski definition) is 2. The molecule has 2 nitrogen and oxygen atoms in total. The summed E-state index contributed by atoms with van der Waals surface area (Å²) in [6.07, 6.45) is 10.5. The summed E-state index contributed by atoms with van der Waals surface area (Å²) < 4.78 is 14.9. The van der Waals surface area contributed by atoms with E-state index in [1.807, 2.05) is 0 Å². The molecule has 2 atom stereocenters. The highest BCUT2D eigenvalue weighted by molar-refractivity contribution is 14.1. The minimum atomic E-state index is -0.135. The molecule has 4 heteroatoms. The lowest BCUT2D eigenvalue weighted by atomic mass is 9.76. The van der Waals surface area contributed by atoms with E-state index in [4.69, 9.17) is 0 Å². The number of benzene rings is 2. The molecule has 1 aliphatic carbocycles. The van der Waals surface area contributed by atoms with E-state index < -0.39 is 0 Å². The average Bonchev–Trinajstić information content (AvgIpc) is 2.78. The Morgan fingerprint density at radius 2 is 2.06 bits per heavy atom. The van der Waals surface area contributed by atoms with Gasteiger partial charge in [-0.05, 0) is 132 Å². The van der Waals surface area contributed by atoms with Crippen LogP contribution in [0, 0.1) is 22.2 Å². The van der Waals surface area contributed by atoms with Crippen LogP contribution in [0.2, 0.25) is 0 Å². The zero-order chi connectivity index (χ0) is 22.5. The van der Waals surface area contributed by atoms with Crippen molar-refractivity contribution in [1.29, 1.82) is 0 Å². The Kier molecular flexibility index (Phi) is 8.19. The minimum Gasteiger partial charge on any atom is -0.396 e. The largest absolute Gasteiger partial charge is 0.396 e. The molecule has 4 rings (SSSR count). The molecule has 1 fully saturated rings. The quantitative estimate of drug-likeness (QED) is 0.387. The van der Waals surface area contributed by atoms with Crippen LogP contribution < -0.4 is 5.32 Å². The predicted molar refractivity (Wildman–Crippen MR) is 139 cm³/mol. The maximum atomic E-state index is 14.0. The highest BCUT2D eigenvalue weighted by Gasteiger charge is 2.28. The summed E-state index contributed by atoms with van der Waals surface area (Å²) in [6.45, 7) is 4.48. The molecule has 0 saturated carbocycles. The fourth-order valence-corrected chi connectivity index (χ4v) is 6.07. The summed E-state index contributed by atoms with van der Waals surface area (Å²) in [4.78, 5) is 0. The van der Waals surface area contributed by atoms with Crippen molar-refractivity contribution < 1.29 is 9.50 Å². The number of piperidine rings is 1. The van der Waals surface area contributed by atoms with Gasteiger partial charge in [0.2, 0.25) is 0 Å². The Morgan fingerprint density at radius 1 is 1.19 bits per heavy atom. The Labute approximate surface area is 205 Å². The van der Waals surface area contributed by atoms with Gasteiger partial charge in [0.25, 0.3) is 0 Å². The van der Waals surface area contributed by atoms with Crippen molar-refractivity contribution in [2.24, 2.45) is 5.92 Å². The number of aliphatic hydroxyl groups excluding tert-OH is 1. The van der Waals surface area contributed by atoms with Gasteiger partial charge in [-0.25, -0.2) is 4.39 Å². The number of nitrogens with one attached hydrogen (secondary N) is 1. The van der Waals surface area contributed by atoms with Crippen LogP contribution in [-0.2, 0) is 6.42 Å². The molecule has 0 amide bonds. The number of aliphatic hydroxyl groups is 1. The molecule has 1 saturated heterocycles. The number of rotatable bonds is 7. The second-order valence-electron chi connectivity index (χ2n) is 9.20. The highest BCUT2D eigenvalue weighted by atomic mass is 127. The number of halogens is 2. The molecular formula is C28H33FINO. The van der Waals surface area contributed by atoms with Crippen LogP contribution in [0.3, 0.4) is 0 Å². The molecule has 0 aromatic heterocycles. The van der Waals surface area contributed by atoms with Crippen LogP contribution in [0.4, 0.5) is 4.39 Å². The van der Waals surface area contributed by atoms with Crippen LogP contribution in [0.5, 0.6) is 0 Å². The summed E-state index contributed by atoms with van der Waals surface area (Å²) in [5, 5.41) is 12.9. The minimum absolute atomic E-state index is 0.135. The van der Waals surface area contributed by atoms with E-state index in [9.17, 15) is 9.50 Å². The fraction of sp³-hybridized carbons (Fsp3) is 0.429. The molecule has 32 heavy (non-hydrogen) atoms. The summed E-state index contributed by atoms with van der Waals surface area (Å²) in [5.74, 6) is 0.805. The molecule has 2 aromatic rings. The zero-order valence-electron chi connectivity index (χ0n) is 18.8. The number of hydrogen-bond acceptors (Lipinski definition) is 2. The van der Waals surface area contributed by atoms with E-state index in [0.29, 0.717) is 11.8 Å². The standard InChI is InChI=1S/C28H33FINO/c1-19-13-22(27-7-3-2-5-21(27)6-4-12-32)8-9-26(19)28-18-31-11-10-23(28)14-20-15-24(29)17-25(30)16-20/h3,7-9,13,15-17,23,28,31-32H,2,4-6,10-12,14,18H2,1H3/t23-,28+/m1/s1. The van der Waals surface area contributed by atoms with Gasteiger partial charge in [0.1, 0.15) is 5.82 Å². The van der Waals surface area contributed by atoms with Crippen LogP contribution in [0.25, 0.3) is 5.57 Å². The molecule has 170 valence electrons. The lowest BCUT2D eigenvalue weighted by Gasteiger charge is -2.34. The van der Waals surface area contributed by atoms with E-state index in [0.717, 1.165) is 60.7 Å². The van der Waals surface area contributed by atoms with Gasteiger partial charge < -0.3 is 10.4 Å². The highest BCUT2D eigenvalue weighted by Crippen LogP contribution is 2.37. The first kappa shape index (κ1) is 23.7. The molecule has 0 spiro atoms. The van der Waals surface area contributed by atoms with Crippen LogP contribution in [-0.4, -0.2) is 24.8 Å². The Bertz CT molecular complexity index is 992. The van der Waals surface area contributed by atoms with Gasteiger partial charge in [0, 0.05) is 16.7 Å². The number of aryl methyl sites for hydroxylation is 1. The maximum absolute atomic E-state index is 14.0. The van der Waals surface area contributed by atoms with E-state index in [2.05, 4.69) is 71.2 Å². The van der Waals surface area contributed by atoms with Gasteiger partial charge >= 0.3 is 0 Å². The van der Waals surface area contributed by atoms with Gasteiger partial charge in [0.05, 0.1) is 0 Å². The van der Waals surface area contributed by atoms with Crippen molar-refractivity contribution in [2.45, 2.75) is 51.4 Å². The van der Waals surface area contributed by atoms with E-state index >= 15 is 0 Å². The van der Waals surface area contributed by atoms with E-state index in [-0.39, 0.29) is 12.4 Å². The van der Waals surface area contributed by atoms with E-state index in [1.54, 1.807) is 12.1 Å². The van der Waals surface area contributed by atoms with Crippen LogP contribution >= 0.6 is 22.6 Å². The third-order valence-corrected chi connectivity index (χ3v) is 7.56. The third-order valence-electron chi connectivity index (χ3n) is 6.94. The third kappa shape index (κ3) is 5.70. The van der Waals surface area contributed by atoms with Crippen molar-refractivity contribution in [3.05, 3.63) is 85.8 Å². The first-order valence-electron chi connectivity index (χ1n) is 11.8.